The van der Waals surface area contributed by atoms with Crippen LogP contribution < -0.4 is 15.5 Å². The number of carbonyl (C=O) groups excluding carboxylic acids is 1. The molecule has 0 heterocycles. The zero-order valence-electron chi connectivity index (χ0n) is 9.29. The van der Waals surface area contributed by atoms with Crippen molar-refractivity contribution in [3.63, 3.8) is 0 Å². The maximum absolute atomic E-state index is 13.2. The van der Waals surface area contributed by atoms with E-state index in [9.17, 15) is 9.18 Å². The number of hydrogen-bond donors (Lipinski definition) is 1. The molecule has 1 aromatic carbocycles. The fourth-order valence-electron chi connectivity index (χ4n) is 1.14. The molecule has 0 bridgehead atoms. The Labute approximate surface area is 95.4 Å². The highest BCUT2D eigenvalue weighted by Crippen LogP contribution is 2.13. The molecule has 2 radical (unpaired) electrons. The van der Waals surface area contributed by atoms with Gasteiger partial charge in [0.05, 0.1) is 0 Å². The number of benzene rings is 1. The van der Waals surface area contributed by atoms with Crippen molar-refractivity contribution < 1.29 is 13.9 Å². The summed E-state index contributed by atoms with van der Waals surface area (Å²) in [5.41, 5.74) is 0.316. The van der Waals surface area contributed by atoms with Crippen molar-refractivity contribution in [1.82, 2.24) is 5.32 Å². The predicted octanol–water partition coefficient (Wildman–Crippen LogP) is 0.523. The SMILES string of the molecule is [B]c1ccc(OCC(=O)NC(C)C)c(F)c1. The van der Waals surface area contributed by atoms with E-state index in [-0.39, 0.29) is 24.3 Å². The molecular weight excluding hydrogens is 208 g/mol. The fraction of sp³-hybridized carbons (Fsp3) is 0.364. The third-order valence-corrected chi connectivity index (χ3v) is 1.76. The molecule has 0 aromatic heterocycles. The number of carbonyl (C=O) groups is 1. The average molecular weight is 221 g/mol. The quantitative estimate of drug-likeness (QED) is 0.753. The Balaban J connectivity index is 2.51. The van der Waals surface area contributed by atoms with Crippen molar-refractivity contribution in [2.24, 2.45) is 0 Å². The number of hydrogen-bond acceptors (Lipinski definition) is 2. The summed E-state index contributed by atoms with van der Waals surface area (Å²) in [6.45, 7) is 3.46. The van der Waals surface area contributed by atoms with Crippen LogP contribution in [0.15, 0.2) is 18.2 Å². The summed E-state index contributed by atoms with van der Waals surface area (Å²) in [7, 11) is 5.37. The molecule has 0 aliphatic rings. The van der Waals surface area contributed by atoms with Crippen LogP contribution in [0.25, 0.3) is 0 Å². The Morgan fingerprint density at radius 2 is 2.25 bits per heavy atom. The molecule has 0 unspecified atom stereocenters. The first-order chi connectivity index (χ1) is 7.49. The molecule has 5 heteroatoms. The molecule has 0 atom stereocenters. The molecule has 0 fully saturated rings. The van der Waals surface area contributed by atoms with Crippen molar-refractivity contribution in [1.29, 1.82) is 0 Å². The Kier molecular flexibility index (Phi) is 4.34. The molecular formula is C11H13BFNO2. The number of amides is 1. The van der Waals surface area contributed by atoms with Gasteiger partial charge < -0.3 is 10.1 Å². The van der Waals surface area contributed by atoms with E-state index in [1.807, 2.05) is 13.8 Å². The van der Waals surface area contributed by atoms with Crippen LogP contribution in [0.3, 0.4) is 0 Å². The number of halogens is 1. The lowest BCUT2D eigenvalue weighted by Gasteiger charge is -2.10. The van der Waals surface area contributed by atoms with Gasteiger partial charge in [-0.1, -0.05) is 11.5 Å². The zero-order chi connectivity index (χ0) is 12.1. The maximum Gasteiger partial charge on any atom is 0.258 e. The Bertz CT molecular complexity index is 382. The molecule has 0 spiro atoms. The van der Waals surface area contributed by atoms with Gasteiger partial charge in [0.25, 0.3) is 5.91 Å². The van der Waals surface area contributed by atoms with E-state index in [1.54, 1.807) is 0 Å². The first kappa shape index (κ1) is 12.6. The van der Waals surface area contributed by atoms with Crippen LogP contribution in [0.1, 0.15) is 13.8 Å². The molecule has 1 amide bonds. The summed E-state index contributed by atoms with van der Waals surface area (Å²) in [6, 6.07) is 4.09. The monoisotopic (exact) mass is 221 g/mol. The van der Waals surface area contributed by atoms with Gasteiger partial charge in [0.2, 0.25) is 0 Å². The van der Waals surface area contributed by atoms with E-state index in [2.05, 4.69) is 5.32 Å². The Morgan fingerprint density at radius 3 is 2.81 bits per heavy atom. The molecule has 3 nitrogen and oxygen atoms in total. The van der Waals surface area contributed by atoms with Gasteiger partial charge in [0.15, 0.2) is 18.2 Å². The maximum atomic E-state index is 13.2. The van der Waals surface area contributed by atoms with Gasteiger partial charge >= 0.3 is 0 Å². The van der Waals surface area contributed by atoms with Crippen molar-refractivity contribution in [3.05, 3.63) is 24.0 Å². The van der Waals surface area contributed by atoms with Crippen LogP contribution >= 0.6 is 0 Å². The minimum absolute atomic E-state index is 0.0214. The highest BCUT2D eigenvalue weighted by atomic mass is 19.1. The van der Waals surface area contributed by atoms with Crippen LogP contribution in [-0.4, -0.2) is 26.4 Å². The summed E-state index contributed by atoms with van der Waals surface area (Å²) in [5, 5.41) is 2.63. The lowest BCUT2D eigenvalue weighted by Crippen LogP contribution is -2.34. The number of rotatable bonds is 4. The second-order valence-electron chi connectivity index (χ2n) is 3.70. The molecule has 1 rings (SSSR count). The van der Waals surface area contributed by atoms with Crippen molar-refractivity contribution in [2.45, 2.75) is 19.9 Å². The lowest BCUT2D eigenvalue weighted by molar-refractivity contribution is -0.123. The summed E-state index contributed by atoms with van der Waals surface area (Å²) in [6.07, 6.45) is 0. The van der Waals surface area contributed by atoms with E-state index >= 15 is 0 Å². The fourth-order valence-corrected chi connectivity index (χ4v) is 1.14. The van der Waals surface area contributed by atoms with E-state index in [0.717, 1.165) is 6.07 Å². The van der Waals surface area contributed by atoms with Crippen LogP contribution in [0.2, 0.25) is 0 Å². The molecule has 0 saturated heterocycles. The van der Waals surface area contributed by atoms with Crippen LogP contribution in [0.5, 0.6) is 5.75 Å². The molecule has 0 aliphatic carbocycles. The zero-order valence-corrected chi connectivity index (χ0v) is 9.29. The number of ether oxygens (including phenoxy) is 1. The highest BCUT2D eigenvalue weighted by molar-refractivity contribution is 6.32. The predicted molar refractivity (Wildman–Crippen MR) is 60.6 cm³/mol. The van der Waals surface area contributed by atoms with Gasteiger partial charge in [-0.05, 0) is 26.0 Å². The summed E-state index contributed by atoms with van der Waals surface area (Å²) < 4.78 is 18.2. The molecule has 1 aromatic rings. The molecule has 84 valence electrons. The van der Waals surface area contributed by atoms with Crippen LogP contribution in [0, 0.1) is 5.82 Å². The van der Waals surface area contributed by atoms with E-state index in [0.29, 0.717) is 5.46 Å². The summed E-state index contributed by atoms with van der Waals surface area (Å²) >= 11 is 0. The van der Waals surface area contributed by atoms with Gasteiger partial charge in [0.1, 0.15) is 7.85 Å². The lowest BCUT2D eigenvalue weighted by atomic mass is 9.96. The second-order valence-corrected chi connectivity index (χ2v) is 3.70. The van der Waals surface area contributed by atoms with Crippen molar-refractivity contribution >= 4 is 19.2 Å². The smallest absolute Gasteiger partial charge is 0.258 e. The largest absolute Gasteiger partial charge is 0.481 e. The minimum atomic E-state index is -0.572. The van der Waals surface area contributed by atoms with E-state index in [1.165, 1.54) is 12.1 Å². The van der Waals surface area contributed by atoms with Crippen molar-refractivity contribution in [3.8, 4) is 5.75 Å². The topological polar surface area (TPSA) is 38.3 Å². The first-order valence-electron chi connectivity index (χ1n) is 4.96. The van der Waals surface area contributed by atoms with Gasteiger partial charge in [-0.2, -0.15) is 0 Å². The van der Waals surface area contributed by atoms with Crippen LogP contribution in [-0.2, 0) is 4.79 Å². The third kappa shape index (κ3) is 3.92. The molecule has 0 saturated carbocycles. The molecule has 0 aliphatic heterocycles. The Morgan fingerprint density at radius 1 is 1.56 bits per heavy atom. The normalized spacial score (nSPS) is 10.2. The second kappa shape index (κ2) is 5.54. The standard InChI is InChI=1S/C11H13BFNO2/c1-7(2)14-11(15)6-16-10-4-3-8(12)5-9(10)13/h3-5,7H,6H2,1-2H3,(H,14,15). The summed E-state index contributed by atoms with van der Waals surface area (Å²) in [4.78, 5) is 11.2. The minimum Gasteiger partial charge on any atom is -0.481 e. The van der Waals surface area contributed by atoms with Gasteiger partial charge in [-0.3, -0.25) is 4.79 Å². The average Bonchev–Trinajstić information content (AvgIpc) is 2.15. The third-order valence-electron chi connectivity index (χ3n) is 1.76. The van der Waals surface area contributed by atoms with E-state index in [4.69, 9.17) is 12.6 Å². The van der Waals surface area contributed by atoms with Crippen molar-refractivity contribution in [2.75, 3.05) is 6.61 Å². The first-order valence-corrected chi connectivity index (χ1v) is 4.96. The van der Waals surface area contributed by atoms with Gasteiger partial charge in [-0.15, -0.1) is 0 Å². The van der Waals surface area contributed by atoms with Gasteiger partial charge in [0, 0.05) is 6.04 Å². The van der Waals surface area contributed by atoms with Gasteiger partial charge in [-0.25, -0.2) is 4.39 Å². The molecule has 16 heavy (non-hydrogen) atoms. The Hall–Kier alpha value is -1.52. The highest BCUT2D eigenvalue weighted by Gasteiger charge is 2.07. The molecule has 1 N–H and O–H groups in total. The summed E-state index contributed by atoms with van der Waals surface area (Å²) in [5.74, 6) is -0.836. The van der Waals surface area contributed by atoms with E-state index < -0.39 is 5.82 Å². The number of nitrogens with one attached hydrogen (secondary N) is 1. The van der Waals surface area contributed by atoms with Crippen LogP contribution in [0.4, 0.5) is 4.39 Å².